The van der Waals surface area contributed by atoms with E-state index in [9.17, 15) is 9.59 Å². The number of benzene rings is 2. The van der Waals surface area contributed by atoms with Gasteiger partial charge in [0, 0.05) is 15.7 Å². The third-order valence-corrected chi connectivity index (χ3v) is 4.25. The zero-order valence-corrected chi connectivity index (χ0v) is 14.8. The number of halogens is 1. The number of anilines is 1. The number of carbonyl (C=O) groups is 2. The van der Waals surface area contributed by atoms with Crippen LogP contribution in [0.25, 0.3) is 0 Å². The lowest BCUT2D eigenvalue weighted by Crippen LogP contribution is -2.56. The molecule has 0 spiro atoms. The van der Waals surface area contributed by atoms with Crippen LogP contribution in [0, 0.1) is 0 Å². The second-order valence-electron chi connectivity index (χ2n) is 5.35. The summed E-state index contributed by atoms with van der Waals surface area (Å²) < 4.78 is 5.87. The molecule has 0 radical (unpaired) electrons. The molecular formula is C17H16BrN3O3. The van der Waals surface area contributed by atoms with E-state index in [0.717, 1.165) is 10.2 Å². The van der Waals surface area contributed by atoms with Gasteiger partial charge in [-0.3, -0.25) is 15.0 Å². The van der Waals surface area contributed by atoms with Crippen LogP contribution in [-0.4, -0.2) is 30.1 Å². The number of ether oxygens (including phenoxy) is 1. The Labute approximate surface area is 147 Å². The van der Waals surface area contributed by atoms with E-state index < -0.39 is 0 Å². The molecule has 3 rings (SSSR count). The van der Waals surface area contributed by atoms with Crippen LogP contribution < -0.4 is 15.5 Å². The summed E-state index contributed by atoms with van der Waals surface area (Å²) in [7, 11) is 1.56. The maximum Gasteiger partial charge on any atom is 0.276 e. The molecule has 2 N–H and O–H groups in total. The molecule has 2 aromatic carbocycles. The molecule has 0 aliphatic carbocycles. The summed E-state index contributed by atoms with van der Waals surface area (Å²) in [5.41, 5.74) is 4.34. The molecule has 1 atom stereocenters. The van der Waals surface area contributed by atoms with E-state index in [1.165, 1.54) is 5.01 Å². The van der Waals surface area contributed by atoms with Gasteiger partial charge in [0.25, 0.3) is 11.8 Å². The third-order valence-electron chi connectivity index (χ3n) is 3.76. The van der Waals surface area contributed by atoms with E-state index in [1.807, 2.05) is 12.1 Å². The van der Waals surface area contributed by atoms with E-state index >= 15 is 0 Å². The number of nitrogens with zero attached hydrogens (tertiary/aromatic N) is 1. The molecule has 0 fully saturated rings. The van der Waals surface area contributed by atoms with Crippen molar-refractivity contribution < 1.29 is 14.3 Å². The van der Waals surface area contributed by atoms with Gasteiger partial charge in [0.2, 0.25) is 0 Å². The fraction of sp³-hybridized carbons (Fsp3) is 0.176. The second kappa shape index (κ2) is 6.52. The predicted octanol–water partition coefficient (Wildman–Crippen LogP) is 3.02. The van der Waals surface area contributed by atoms with Crippen molar-refractivity contribution >= 4 is 33.4 Å². The first kappa shape index (κ1) is 16.3. The molecule has 24 heavy (non-hydrogen) atoms. The lowest BCUT2D eigenvalue weighted by atomic mass is 10.1. The van der Waals surface area contributed by atoms with Crippen molar-refractivity contribution in [1.29, 1.82) is 0 Å². The van der Waals surface area contributed by atoms with Crippen molar-refractivity contribution in [3.8, 4) is 5.75 Å². The maximum absolute atomic E-state index is 12.7. The van der Waals surface area contributed by atoms with E-state index in [-0.39, 0.29) is 18.0 Å². The molecule has 1 aliphatic rings. The largest absolute Gasteiger partial charge is 0.497 e. The Kier molecular flexibility index (Phi) is 4.44. The number of methoxy groups -OCH3 is 1. The summed E-state index contributed by atoms with van der Waals surface area (Å²) in [6, 6.07) is 12.1. The van der Waals surface area contributed by atoms with Gasteiger partial charge >= 0.3 is 0 Å². The monoisotopic (exact) mass is 389 g/mol. The highest BCUT2D eigenvalue weighted by Gasteiger charge is 2.31. The minimum atomic E-state index is -0.367. The van der Waals surface area contributed by atoms with Crippen molar-refractivity contribution in [2.75, 3.05) is 12.4 Å². The molecule has 0 bridgehead atoms. The third kappa shape index (κ3) is 3.07. The summed E-state index contributed by atoms with van der Waals surface area (Å²) >= 11 is 3.36. The highest BCUT2D eigenvalue weighted by Crippen LogP contribution is 2.27. The van der Waals surface area contributed by atoms with E-state index in [4.69, 9.17) is 4.74 Å². The number of hydrazine groups is 1. The molecule has 1 aliphatic heterocycles. The lowest BCUT2D eigenvalue weighted by molar-refractivity contribution is 0.0510. The Morgan fingerprint density at radius 2 is 1.96 bits per heavy atom. The smallest absolute Gasteiger partial charge is 0.276 e. The van der Waals surface area contributed by atoms with Crippen LogP contribution in [0.1, 0.15) is 27.6 Å². The maximum atomic E-state index is 12.7. The highest BCUT2D eigenvalue weighted by atomic mass is 79.9. The van der Waals surface area contributed by atoms with Gasteiger partial charge in [0.05, 0.1) is 12.7 Å². The van der Waals surface area contributed by atoms with Gasteiger partial charge in [-0.15, -0.1) is 0 Å². The van der Waals surface area contributed by atoms with Gasteiger partial charge in [-0.2, -0.15) is 0 Å². The second-order valence-corrected chi connectivity index (χ2v) is 6.27. The molecule has 2 amide bonds. The first-order chi connectivity index (χ1) is 11.5. The Hall–Kier alpha value is -2.54. The van der Waals surface area contributed by atoms with Crippen LogP contribution in [-0.2, 0) is 0 Å². The van der Waals surface area contributed by atoms with Gasteiger partial charge < -0.3 is 10.1 Å². The number of fused-ring (bicyclic) bond motifs is 1. The lowest BCUT2D eigenvalue weighted by Gasteiger charge is -2.35. The zero-order chi connectivity index (χ0) is 17.3. The van der Waals surface area contributed by atoms with Crippen LogP contribution in [0.3, 0.4) is 0 Å². The zero-order valence-electron chi connectivity index (χ0n) is 13.2. The number of hydrogen-bond donors (Lipinski definition) is 2. The number of nitrogens with one attached hydrogen (secondary N) is 2. The van der Waals surface area contributed by atoms with Crippen molar-refractivity contribution in [3.05, 3.63) is 58.1 Å². The number of hydrogen-bond acceptors (Lipinski definition) is 4. The molecule has 7 heteroatoms. The Morgan fingerprint density at radius 3 is 2.62 bits per heavy atom. The van der Waals surface area contributed by atoms with Crippen molar-refractivity contribution in [1.82, 2.24) is 10.4 Å². The van der Waals surface area contributed by atoms with Gasteiger partial charge in [-0.25, -0.2) is 5.01 Å². The molecule has 6 nitrogen and oxygen atoms in total. The quantitative estimate of drug-likeness (QED) is 0.846. The topological polar surface area (TPSA) is 70.7 Å². The number of amides is 2. The van der Waals surface area contributed by atoms with E-state index in [1.54, 1.807) is 44.4 Å². The Bertz CT molecular complexity index is 792. The summed E-state index contributed by atoms with van der Waals surface area (Å²) in [5.74, 6) is 0.0342. The van der Waals surface area contributed by atoms with Gasteiger partial charge in [0.15, 0.2) is 0 Å². The van der Waals surface area contributed by atoms with Crippen molar-refractivity contribution in [2.45, 2.75) is 13.1 Å². The van der Waals surface area contributed by atoms with Crippen LogP contribution in [0.15, 0.2) is 46.9 Å². The minimum absolute atomic E-state index is 0.264. The number of carbonyl (C=O) groups excluding carboxylic acids is 2. The van der Waals surface area contributed by atoms with Crippen molar-refractivity contribution in [3.63, 3.8) is 0 Å². The first-order valence-electron chi connectivity index (χ1n) is 7.34. The van der Waals surface area contributed by atoms with Crippen LogP contribution >= 0.6 is 15.9 Å². The molecule has 1 unspecified atom stereocenters. The van der Waals surface area contributed by atoms with Crippen LogP contribution in [0.2, 0.25) is 0 Å². The van der Waals surface area contributed by atoms with Crippen LogP contribution in [0.5, 0.6) is 5.75 Å². The number of rotatable bonds is 3. The average Bonchev–Trinajstić information content (AvgIpc) is 2.59. The summed E-state index contributed by atoms with van der Waals surface area (Å²) in [5, 5.41) is 4.49. The molecule has 1 heterocycles. The first-order valence-corrected chi connectivity index (χ1v) is 8.13. The predicted molar refractivity (Wildman–Crippen MR) is 93.9 cm³/mol. The molecule has 0 saturated carbocycles. The molecule has 0 saturated heterocycles. The van der Waals surface area contributed by atoms with Gasteiger partial charge in [-0.1, -0.05) is 15.9 Å². The molecule has 2 aromatic rings. The van der Waals surface area contributed by atoms with Crippen LogP contribution in [0.4, 0.5) is 5.69 Å². The fourth-order valence-electron chi connectivity index (χ4n) is 2.48. The molecule has 124 valence electrons. The summed E-state index contributed by atoms with van der Waals surface area (Å²) in [4.78, 5) is 25.1. The SMILES string of the molecule is COc1ccc(C(=O)NN2C(=O)c3cc(Br)ccc3NC2C)cc1. The van der Waals surface area contributed by atoms with Crippen molar-refractivity contribution in [2.24, 2.45) is 0 Å². The van der Waals surface area contributed by atoms with E-state index in [2.05, 4.69) is 26.7 Å². The summed E-state index contributed by atoms with van der Waals surface area (Å²) in [6.07, 6.45) is -0.367. The standard InChI is InChI=1S/C17H16BrN3O3/c1-10-19-15-8-5-12(18)9-14(15)17(23)21(10)20-16(22)11-3-6-13(24-2)7-4-11/h3-10,19H,1-2H3,(H,20,22). The molecule has 0 aromatic heterocycles. The van der Waals surface area contributed by atoms with E-state index in [0.29, 0.717) is 16.9 Å². The van der Waals surface area contributed by atoms with Gasteiger partial charge in [0.1, 0.15) is 11.9 Å². The Balaban J connectivity index is 1.81. The summed E-state index contributed by atoms with van der Waals surface area (Å²) in [6.45, 7) is 1.80. The van der Waals surface area contributed by atoms with Gasteiger partial charge in [-0.05, 0) is 49.4 Å². The molecular weight excluding hydrogens is 374 g/mol. The fourth-order valence-corrected chi connectivity index (χ4v) is 2.84. The highest BCUT2D eigenvalue weighted by molar-refractivity contribution is 9.10. The Morgan fingerprint density at radius 1 is 1.25 bits per heavy atom. The normalized spacial score (nSPS) is 16.2. The minimum Gasteiger partial charge on any atom is -0.497 e. The average molecular weight is 390 g/mol.